The fourth-order valence-corrected chi connectivity index (χ4v) is 0.882. The molecule has 0 aromatic carbocycles. The summed E-state index contributed by atoms with van der Waals surface area (Å²) >= 11 is 0. The van der Waals surface area contributed by atoms with Gasteiger partial charge in [0.05, 0.1) is 11.3 Å². The number of rotatable bonds is 1. The maximum absolute atomic E-state index is 10.4. The van der Waals surface area contributed by atoms with Crippen LogP contribution in [0.25, 0.3) is 0 Å². The first-order valence-corrected chi connectivity index (χ1v) is 4.62. The SMILES string of the molecule is Cc1cnccn1.NC(=O)c1cccnc1. The summed E-state index contributed by atoms with van der Waals surface area (Å²) in [4.78, 5) is 21.8. The largest absolute Gasteiger partial charge is 0.366 e. The second-order valence-electron chi connectivity index (χ2n) is 2.95. The first kappa shape index (κ1) is 11.8. The quantitative estimate of drug-likeness (QED) is 0.769. The Balaban J connectivity index is 0.000000165. The third-order valence-corrected chi connectivity index (χ3v) is 1.64. The summed E-state index contributed by atoms with van der Waals surface area (Å²) in [6.45, 7) is 1.91. The highest BCUT2D eigenvalue weighted by molar-refractivity contribution is 5.92. The van der Waals surface area contributed by atoms with Crippen molar-refractivity contribution in [1.82, 2.24) is 15.0 Å². The Bertz CT molecular complexity index is 430. The van der Waals surface area contributed by atoms with Gasteiger partial charge in [0.25, 0.3) is 0 Å². The molecule has 0 bridgehead atoms. The average Bonchev–Trinajstić information content (AvgIpc) is 2.32. The molecular formula is C11H12N4O. The Labute approximate surface area is 93.4 Å². The highest BCUT2D eigenvalue weighted by Gasteiger charge is 1.94. The standard InChI is InChI=1S/C6H6N2O.C5H6N2/c7-6(9)5-2-1-3-8-4-5;1-5-4-6-2-3-7-5/h1-4H,(H2,7,9);2-4H,1H3. The van der Waals surface area contributed by atoms with Crippen LogP contribution < -0.4 is 5.73 Å². The first-order valence-electron chi connectivity index (χ1n) is 4.62. The van der Waals surface area contributed by atoms with Crippen molar-refractivity contribution in [3.63, 3.8) is 0 Å². The molecule has 16 heavy (non-hydrogen) atoms. The monoisotopic (exact) mass is 216 g/mol. The van der Waals surface area contributed by atoms with Crippen LogP contribution in [-0.4, -0.2) is 20.9 Å². The second kappa shape index (κ2) is 6.23. The molecule has 82 valence electrons. The van der Waals surface area contributed by atoms with Crippen molar-refractivity contribution >= 4 is 5.91 Å². The van der Waals surface area contributed by atoms with E-state index in [1.54, 1.807) is 36.9 Å². The number of amides is 1. The minimum absolute atomic E-state index is 0.442. The Hall–Kier alpha value is -2.30. The zero-order valence-corrected chi connectivity index (χ0v) is 8.87. The van der Waals surface area contributed by atoms with Gasteiger partial charge in [-0.25, -0.2) is 0 Å². The van der Waals surface area contributed by atoms with Gasteiger partial charge in [-0.05, 0) is 19.1 Å². The van der Waals surface area contributed by atoms with Crippen molar-refractivity contribution in [2.45, 2.75) is 6.92 Å². The molecule has 0 fully saturated rings. The van der Waals surface area contributed by atoms with Crippen LogP contribution in [0.2, 0.25) is 0 Å². The molecule has 2 aromatic heterocycles. The second-order valence-corrected chi connectivity index (χ2v) is 2.95. The molecule has 2 heterocycles. The maximum atomic E-state index is 10.4. The molecule has 0 spiro atoms. The Morgan fingerprint density at radius 1 is 1.19 bits per heavy atom. The molecule has 2 aromatic rings. The van der Waals surface area contributed by atoms with Crippen LogP contribution in [0.3, 0.4) is 0 Å². The van der Waals surface area contributed by atoms with Gasteiger partial charge in [-0.1, -0.05) is 0 Å². The Morgan fingerprint density at radius 2 is 1.94 bits per heavy atom. The third-order valence-electron chi connectivity index (χ3n) is 1.64. The van der Waals surface area contributed by atoms with Crippen LogP contribution in [0.15, 0.2) is 43.1 Å². The number of hydrogen-bond donors (Lipinski definition) is 1. The molecule has 0 saturated heterocycles. The summed E-state index contributed by atoms with van der Waals surface area (Å²) in [6, 6.07) is 3.29. The average molecular weight is 216 g/mol. The lowest BCUT2D eigenvalue weighted by molar-refractivity contribution is 0.1000. The lowest BCUT2D eigenvalue weighted by Gasteiger charge is -1.88. The van der Waals surface area contributed by atoms with E-state index in [2.05, 4.69) is 15.0 Å². The van der Waals surface area contributed by atoms with E-state index in [9.17, 15) is 4.79 Å². The fraction of sp³-hybridized carbons (Fsp3) is 0.0909. The number of primary amides is 1. The Kier molecular flexibility index (Phi) is 4.59. The summed E-state index contributed by atoms with van der Waals surface area (Å²) in [5, 5.41) is 0. The topological polar surface area (TPSA) is 81.8 Å². The molecule has 2 N–H and O–H groups in total. The van der Waals surface area contributed by atoms with E-state index in [1.165, 1.54) is 6.20 Å². The van der Waals surface area contributed by atoms with Gasteiger partial charge in [0, 0.05) is 31.0 Å². The van der Waals surface area contributed by atoms with Gasteiger partial charge in [0.2, 0.25) is 5.91 Å². The molecule has 0 aliphatic heterocycles. The van der Waals surface area contributed by atoms with Crippen LogP contribution in [0.1, 0.15) is 16.1 Å². The van der Waals surface area contributed by atoms with Crippen LogP contribution in [0.5, 0.6) is 0 Å². The molecular weight excluding hydrogens is 204 g/mol. The molecule has 0 aliphatic rings. The van der Waals surface area contributed by atoms with Crippen LogP contribution in [0, 0.1) is 6.92 Å². The number of nitrogens with zero attached hydrogens (tertiary/aromatic N) is 3. The molecule has 5 nitrogen and oxygen atoms in total. The zero-order chi connectivity index (χ0) is 11.8. The summed E-state index contributed by atoms with van der Waals surface area (Å²) in [5.74, 6) is -0.442. The lowest BCUT2D eigenvalue weighted by atomic mass is 10.3. The molecule has 0 unspecified atom stereocenters. The zero-order valence-electron chi connectivity index (χ0n) is 8.87. The van der Waals surface area contributed by atoms with E-state index >= 15 is 0 Å². The van der Waals surface area contributed by atoms with Gasteiger partial charge in [-0.3, -0.25) is 19.7 Å². The number of aryl methyl sites for hydroxylation is 1. The van der Waals surface area contributed by atoms with Gasteiger partial charge >= 0.3 is 0 Å². The van der Waals surface area contributed by atoms with Gasteiger partial charge < -0.3 is 5.73 Å². The fourth-order valence-electron chi connectivity index (χ4n) is 0.882. The molecule has 2 rings (SSSR count). The summed E-state index contributed by atoms with van der Waals surface area (Å²) in [7, 11) is 0. The molecule has 0 saturated carbocycles. The third kappa shape index (κ3) is 4.28. The molecule has 1 amide bonds. The van der Waals surface area contributed by atoms with Crippen molar-refractivity contribution in [3.05, 3.63) is 54.4 Å². The normalized spacial score (nSPS) is 8.81. The number of carbonyl (C=O) groups is 1. The van der Waals surface area contributed by atoms with Gasteiger partial charge in [-0.15, -0.1) is 0 Å². The highest BCUT2D eigenvalue weighted by Crippen LogP contribution is 1.91. The van der Waals surface area contributed by atoms with Gasteiger partial charge in [0.15, 0.2) is 0 Å². The van der Waals surface area contributed by atoms with Crippen LogP contribution >= 0.6 is 0 Å². The maximum Gasteiger partial charge on any atom is 0.250 e. The van der Waals surface area contributed by atoms with E-state index in [1.807, 2.05) is 6.92 Å². The van der Waals surface area contributed by atoms with E-state index in [-0.39, 0.29) is 0 Å². The minimum atomic E-state index is -0.442. The van der Waals surface area contributed by atoms with Gasteiger partial charge in [0.1, 0.15) is 0 Å². The van der Waals surface area contributed by atoms with Crippen molar-refractivity contribution in [2.75, 3.05) is 0 Å². The molecule has 0 radical (unpaired) electrons. The number of nitrogens with two attached hydrogens (primary N) is 1. The lowest BCUT2D eigenvalue weighted by Crippen LogP contribution is -2.10. The highest BCUT2D eigenvalue weighted by atomic mass is 16.1. The van der Waals surface area contributed by atoms with Crippen LogP contribution in [-0.2, 0) is 0 Å². The minimum Gasteiger partial charge on any atom is -0.366 e. The van der Waals surface area contributed by atoms with E-state index < -0.39 is 5.91 Å². The van der Waals surface area contributed by atoms with E-state index in [0.717, 1.165) is 5.69 Å². The van der Waals surface area contributed by atoms with Crippen molar-refractivity contribution < 1.29 is 4.79 Å². The first-order chi connectivity index (χ1) is 7.70. The number of pyridine rings is 1. The van der Waals surface area contributed by atoms with E-state index in [4.69, 9.17) is 5.73 Å². The van der Waals surface area contributed by atoms with E-state index in [0.29, 0.717) is 5.56 Å². The Morgan fingerprint density at radius 3 is 2.25 bits per heavy atom. The van der Waals surface area contributed by atoms with Crippen LogP contribution in [0.4, 0.5) is 0 Å². The predicted octanol–water partition coefficient (Wildman–Crippen LogP) is 0.966. The molecule has 0 atom stereocenters. The van der Waals surface area contributed by atoms with Gasteiger partial charge in [-0.2, -0.15) is 0 Å². The number of hydrogen-bond acceptors (Lipinski definition) is 4. The predicted molar refractivity (Wildman–Crippen MR) is 59.5 cm³/mol. The smallest absolute Gasteiger partial charge is 0.250 e. The summed E-state index contributed by atoms with van der Waals surface area (Å²) < 4.78 is 0. The van der Waals surface area contributed by atoms with Crippen molar-refractivity contribution in [2.24, 2.45) is 5.73 Å². The van der Waals surface area contributed by atoms with Crippen molar-refractivity contribution in [1.29, 1.82) is 0 Å². The van der Waals surface area contributed by atoms with Crippen molar-refractivity contribution in [3.8, 4) is 0 Å². The number of carbonyl (C=O) groups excluding carboxylic acids is 1. The molecule has 5 heteroatoms. The molecule has 0 aliphatic carbocycles. The number of aromatic nitrogens is 3. The summed E-state index contributed by atoms with van der Waals surface area (Å²) in [5.41, 5.74) is 6.34. The summed E-state index contributed by atoms with van der Waals surface area (Å²) in [6.07, 6.45) is 8.08.